The molecule has 0 fully saturated rings. The summed E-state index contributed by atoms with van der Waals surface area (Å²) in [6.45, 7) is 0. The first-order valence-corrected chi connectivity index (χ1v) is 8.41. The standard InChI is InChI=1S/C12H7Cl4O4P/c13-7-3-1-5-9(11(7)15)19-21(17,18)20-10-6-2-4-8(14)12(10)16/h1-6H,(H,17,18). The fourth-order valence-corrected chi connectivity index (χ4v) is 2.98. The van der Waals surface area contributed by atoms with Gasteiger partial charge in [0.05, 0.1) is 10.0 Å². The molecule has 0 saturated heterocycles. The Hall–Kier alpha value is -0.610. The minimum atomic E-state index is -4.52. The molecular weight excluding hydrogens is 381 g/mol. The van der Waals surface area contributed by atoms with Gasteiger partial charge in [-0.15, -0.1) is 0 Å². The number of hydrogen-bond acceptors (Lipinski definition) is 3. The van der Waals surface area contributed by atoms with Gasteiger partial charge in [0.15, 0.2) is 11.5 Å². The van der Waals surface area contributed by atoms with Crippen LogP contribution in [-0.4, -0.2) is 4.89 Å². The van der Waals surface area contributed by atoms with Gasteiger partial charge < -0.3 is 9.05 Å². The number of hydrogen-bond donors (Lipinski definition) is 1. The molecule has 2 aromatic carbocycles. The SMILES string of the molecule is O=P(O)(Oc1cccc(Cl)c1Cl)Oc1cccc(Cl)c1Cl. The highest BCUT2D eigenvalue weighted by Gasteiger charge is 2.28. The maximum Gasteiger partial charge on any atom is 0.585 e. The predicted octanol–water partition coefficient (Wildman–Crippen LogP) is 5.86. The van der Waals surface area contributed by atoms with Crippen LogP contribution in [0.15, 0.2) is 36.4 Å². The Morgan fingerprint density at radius 3 is 1.57 bits per heavy atom. The van der Waals surface area contributed by atoms with E-state index in [2.05, 4.69) is 0 Å². The third kappa shape index (κ3) is 4.19. The highest BCUT2D eigenvalue weighted by molar-refractivity contribution is 7.48. The predicted molar refractivity (Wildman–Crippen MR) is 84.0 cm³/mol. The van der Waals surface area contributed by atoms with E-state index in [1.165, 1.54) is 36.4 Å². The van der Waals surface area contributed by atoms with Gasteiger partial charge in [-0.2, -0.15) is 0 Å². The summed E-state index contributed by atoms with van der Waals surface area (Å²) in [6.07, 6.45) is 0. The number of phosphoric acid groups is 1. The van der Waals surface area contributed by atoms with E-state index in [9.17, 15) is 9.46 Å². The van der Waals surface area contributed by atoms with Crippen LogP contribution < -0.4 is 9.05 Å². The Balaban J connectivity index is 2.25. The first kappa shape index (κ1) is 16.8. The van der Waals surface area contributed by atoms with E-state index in [4.69, 9.17) is 55.5 Å². The average molecular weight is 388 g/mol. The molecule has 4 nitrogen and oxygen atoms in total. The Bertz CT molecular complexity index is 665. The quantitative estimate of drug-likeness (QED) is 0.667. The largest absolute Gasteiger partial charge is 0.585 e. The zero-order valence-electron chi connectivity index (χ0n) is 10.1. The molecule has 0 saturated carbocycles. The van der Waals surface area contributed by atoms with Gasteiger partial charge in [-0.05, 0) is 24.3 Å². The van der Waals surface area contributed by atoms with Crippen molar-refractivity contribution in [2.75, 3.05) is 0 Å². The Kier molecular flexibility index (Phi) is 5.31. The van der Waals surface area contributed by atoms with Crippen LogP contribution in [0.25, 0.3) is 0 Å². The van der Waals surface area contributed by atoms with E-state index in [0.29, 0.717) is 0 Å². The second-order valence-corrected chi connectivity index (χ2v) is 6.63. The molecule has 0 aliphatic rings. The van der Waals surface area contributed by atoms with Crippen molar-refractivity contribution >= 4 is 54.2 Å². The molecular formula is C12H7Cl4O4P. The number of rotatable bonds is 4. The molecule has 0 unspecified atom stereocenters. The van der Waals surface area contributed by atoms with Crippen LogP contribution in [0.4, 0.5) is 0 Å². The molecule has 0 heterocycles. The van der Waals surface area contributed by atoms with Crippen molar-refractivity contribution in [1.82, 2.24) is 0 Å². The first-order chi connectivity index (χ1) is 9.80. The van der Waals surface area contributed by atoms with Crippen molar-refractivity contribution in [3.8, 4) is 11.5 Å². The van der Waals surface area contributed by atoms with E-state index in [1.54, 1.807) is 0 Å². The van der Waals surface area contributed by atoms with Crippen molar-refractivity contribution in [3.63, 3.8) is 0 Å². The van der Waals surface area contributed by atoms with Gasteiger partial charge in [0.25, 0.3) is 0 Å². The smallest absolute Gasteiger partial charge is 0.394 e. The second-order valence-electron chi connectivity index (χ2n) is 3.76. The van der Waals surface area contributed by atoms with Crippen LogP contribution >= 0.6 is 54.2 Å². The molecule has 0 bridgehead atoms. The Morgan fingerprint density at radius 2 is 1.19 bits per heavy atom. The fraction of sp³-hybridized carbons (Fsp3) is 0. The second kappa shape index (κ2) is 6.66. The zero-order chi connectivity index (χ0) is 15.6. The zero-order valence-corrected chi connectivity index (χ0v) is 14.0. The monoisotopic (exact) mass is 386 g/mol. The van der Waals surface area contributed by atoms with Crippen LogP contribution in [0.5, 0.6) is 11.5 Å². The van der Waals surface area contributed by atoms with Crippen LogP contribution in [0.3, 0.4) is 0 Å². The molecule has 0 aromatic heterocycles. The summed E-state index contributed by atoms with van der Waals surface area (Å²) in [5.74, 6) is -0.179. The lowest BCUT2D eigenvalue weighted by atomic mass is 10.3. The lowest BCUT2D eigenvalue weighted by Gasteiger charge is -2.15. The lowest BCUT2D eigenvalue weighted by molar-refractivity contribution is 0.291. The minimum Gasteiger partial charge on any atom is -0.394 e. The van der Waals surface area contributed by atoms with Crippen molar-refractivity contribution < 1.29 is 18.5 Å². The summed E-state index contributed by atoms with van der Waals surface area (Å²) in [5, 5.41) is 0.341. The first-order valence-electron chi connectivity index (χ1n) is 5.40. The van der Waals surface area contributed by atoms with Crippen LogP contribution in [0.2, 0.25) is 20.1 Å². The Morgan fingerprint density at radius 1 is 0.810 bits per heavy atom. The molecule has 0 spiro atoms. The normalized spacial score (nSPS) is 11.3. The van der Waals surface area contributed by atoms with E-state index in [0.717, 1.165) is 0 Å². The highest BCUT2D eigenvalue weighted by Crippen LogP contribution is 2.49. The molecule has 112 valence electrons. The molecule has 1 N–H and O–H groups in total. The van der Waals surface area contributed by atoms with Gasteiger partial charge in [0.2, 0.25) is 0 Å². The molecule has 0 amide bonds. The van der Waals surface area contributed by atoms with Gasteiger partial charge in [-0.25, -0.2) is 4.57 Å². The van der Waals surface area contributed by atoms with Gasteiger partial charge in [0.1, 0.15) is 10.0 Å². The van der Waals surface area contributed by atoms with Crippen LogP contribution in [-0.2, 0) is 4.57 Å². The number of benzene rings is 2. The highest BCUT2D eigenvalue weighted by atomic mass is 35.5. The van der Waals surface area contributed by atoms with E-state index in [-0.39, 0.29) is 31.6 Å². The third-order valence-corrected chi connectivity index (χ3v) is 4.72. The van der Waals surface area contributed by atoms with E-state index < -0.39 is 7.82 Å². The van der Waals surface area contributed by atoms with Crippen LogP contribution in [0, 0.1) is 0 Å². The molecule has 2 aromatic rings. The fourth-order valence-electron chi connectivity index (χ4n) is 1.38. The average Bonchev–Trinajstić information content (AvgIpc) is 2.40. The molecule has 0 aliphatic heterocycles. The molecule has 2 rings (SSSR count). The van der Waals surface area contributed by atoms with Gasteiger partial charge in [-0.1, -0.05) is 58.5 Å². The van der Waals surface area contributed by atoms with Crippen molar-refractivity contribution in [2.24, 2.45) is 0 Å². The number of halogens is 4. The molecule has 0 radical (unpaired) electrons. The number of phosphoric ester groups is 1. The van der Waals surface area contributed by atoms with Gasteiger partial charge >= 0.3 is 7.82 Å². The topological polar surface area (TPSA) is 55.8 Å². The third-order valence-electron chi connectivity index (χ3n) is 2.26. The summed E-state index contributed by atoms with van der Waals surface area (Å²) in [6, 6.07) is 8.79. The van der Waals surface area contributed by atoms with Gasteiger partial charge in [-0.3, -0.25) is 4.89 Å². The summed E-state index contributed by atoms with van der Waals surface area (Å²) in [7, 11) is -4.52. The Labute approximate surface area is 140 Å². The lowest BCUT2D eigenvalue weighted by Crippen LogP contribution is -2.00. The summed E-state index contributed by atoms with van der Waals surface area (Å²) >= 11 is 23.3. The summed E-state index contributed by atoms with van der Waals surface area (Å²) in [5.41, 5.74) is 0. The molecule has 0 atom stereocenters. The maximum absolute atomic E-state index is 12.0. The van der Waals surface area contributed by atoms with Crippen molar-refractivity contribution in [1.29, 1.82) is 0 Å². The van der Waals surface area contributed by atoms with Gasteiger partial charge in [0, 0.05) is 0 Å². The van der Waals surface area contributed by atoms with E-state index in [1.807, 2.05) is 0 Å². The molecule has 0 aliphatic carbocycles. The van der Waals surface area contributed by atoms with E-state index >= 15 is 0 Å². The summed E-state index contributed by atoms with van der Waals surface area (Å²) < 4.78 is 21.8. The maximum atomic E-state index is 12.0. The van der Waals surface area contributed by atoms with Crippen LogP contribution in [0.1, 0.15) is 0 Å². The molecule has 9 heteroatoms. The van der Waals surface area contributed by atoms with Crippen molar-refractivity contribution in [2.45, 2.75) is 0 Å². The minimum absolute atomic E-state index is 0.00534. The molecule has 21 heavy (non-hydrogen) atoms. The summed E-state index contributed by atoms with van der Waals surface area (Å²) in [4.78, 5) is 9.76. The van der Waals surface area contributed by atoms with Crippen molar-refractivity contribution in [3.05, 3.63) is 56.5 Å².